The lowest BCUT2D eigenvalue weighted by molar-refractivity contribution is -0.112. The fraction of sp³-hybridized carbons (Fsp3) is 0.238. The number of rotatable bonds is 7. The third-order valence-corrected chi connectivity index (χ3v) is 4.64. The highest BCUT2D eigenvalue weighted by atomic mass is 127. The van der Waals surface area contributed by atoms with E-state index in [2.05, 4.69) is 34.8 Å². The smallest absolute Gasteiger partial charge is 0.266 e. The average Bonchev–Trinajstić information content (AvgIpc) is 2.68. The lowest BCUT2D eigenvalue weighted by Crippen LogP contribution is -2.13. The molecular weight excluding hydrogens is 455 g/mol. The standard InChI is InChI=1S/C21H21IN2O3/c1-4-14-6-8-17(9-7-14)24-21(25)16(13-23)10-15-11-18(22)20(27-5-2)19(12-15)26-3/h6-12H,4-5H2,1-3H3,(H,24,25)/b16-10-. The highest BCUT2D eigenvalue weighted by Crippen LogP contribution is 2.34. The van der Waals surface area contributed by atoms with E-state index in [0.717, 1.165) is 9.99 Å². The first-order valence-corrected chi connectivity index (χ1v) is 9.62. The molecule has 0 aliphatic rings. The summed E-state index contributed by atoms with van der Waals surface area (Å²) in [6.45, 7) is 4.48. The molecule has 0 heterocycles. The van der Waals surface area contributed by atoms with E-state index in [1.165, 1.54) is 11.6 Å². The van der Waals surface area contributed by atoms with E-state index in [9.17, 15) is 10.1 Å². The van der Waals surface area contributed by atoms with Crippen LogP contribution in [0, 0.1) is 14.9 Å². The molecule has 1 amide bonds. The van der Waals surface area contributed by atoms with Crippen LogP contribution < -0.4 is 14.8 Å². The van der Waals surface area contributed by atoms with Gasteiger partial charge in [-0.25, -0.2) is 0 Å². The van der Waals surface area contributed by atoms with Crippen molar-refractivity contribution in [1.82, 2.24) is 0 Å². The van der Waals surface area contributed by atoms with Crippen LogP contribution in [0.15, 0.2) is 42.0 Å². The number of aryl methyl sites for hydroxylation is 1. The summed E-state index contributed by atoms with van der Waals surface area (Å²) >= 11 is 2.14. The fourth-order valence-electron chi connectivity index (χ4n) is 2.44. The SMILES string of the molecule is CCOc1c(I)cc(/C=C(/C#N)C(=O)Nc2ccc(CC)cc2)cc1OC. The average molecular weight is 476 g/mol. The van der Waals surface area contributed by atoms with Crippen LogP contribution in [0.3, 0.4) is 0 Å². The predicted molar refractivity (Wildman–Crippen MR) is 115 cm³/mol. The number of amides is 1. The minimum absolute atomic E-state index is 0.0107. The van der Waals surface area contributed by atoms with Crippen molar-refractivity contribution in [1.29, 1.82) is 5.26 Å². The van der Waals surface area contributed by atoms with Gasteiger partial charge in [-0.1, -0.05) is 19.1 Å². The Balaban J connectivity index is 2.27. The highest BCUT2D eigenvalue weighted by molar-refractivity contribution is 14.1. The van der Waals surface area contributed by atoms with Gasteiger partial charge < -0.3 is 14.8 Å². The number of halogens is 1. The number of benzene rings is 2. The molecule has 2 aromatic rings. The molecule has 0 spiro atoms. The molecule has 0 saturated heterocycles. The summed E-state index contributed by atoms with van der Waals surface area (Å²) in [6.07, 6.45) is 2.46. The first-order chi connectivity index (χ1) is 13.0. The molecule has 0 radical (unpaired) electrons. The Hall–Kier alpha value is -2.53. The molecule has 140 valence electrons. The van der Waals surface area contributed by atoms with Crippen molar-refractivity contribution in [3.8, 4) is 17.6 Å². The van der Waals surface area contributed by atoms with E-state index in [1.54, 1.807) is 13.2 Å². The Morgan fingerprint density at radius 3 is 2.52 bits per heavy atom. The summed E-state index contributed by atoms with van der Waals surface area (Å²) in [5.74, 6) is 0.754. The van der Waals surface area contributed by atoms with Crippen LogP contribution >= 0.6 is 22.6 Å². The van der Waals surface area contributed by atoms with Crippen molar-refractivity contribution < 1.29 is 14.3 Å². The molecule has 0 saturated carbocycles. The minimum atomic E-state index is -0.454. The zero-order valence-corrected chi connectivity index (χ0v) is 17.7. The molecule has 5 nitrogen and oxygen atoms in total. The number of carbonyl (C=O) groups excluding carboxylic acids is 1. The molecule has 1 N–H and O–H groups in total. The Labute approximate surface area is 173 Å². The lowest BCUT2D eigenvalue weighted by Gasteiger charge is -2.12. The maximum absolute atomic E-state index is 12.5. The van der Waals surface area contributed by atoms with Gasteiger partial charge in [-0.2, -0.15) is 5.26 Å². The molecule has 2 aromatic carbocycles. The van der Waals surface area contributed by atoms with Gasteiger partial charge in [0.05, 0.1) is 17.3 Å². The predicted octanol–water partition coefficient (Wildman–Crippen LogP) is 4.81. The largest absolute Gasteiger partial charge is 0.493 e. The first-order valence-electron chi connectivity index (χ1n) is 8.54. The van der Waals surface area contributed by atoms with Gasteiger partial charge in [-0.05, 0) is 77.4 Å². The van der Waals surface area contributed by atoms with Gasteiger partial charge in [0.1, 0.15) is 11.6 Å². The van der Waals surface area contributed by atoms with E-state index in [1.807, 2.05) is 43.3 Å². The van der Waals surface area contributed by atoms with E-state index in [0.29, 0.717) is 29.4 Å². The van der Waals surface area contributed by atoms with Gasteiger partial charge in [0, 0.05) is 5.69 Å². The van der Waals surface area contributed by atoms with Crippen molar-refractivity contribution in [3.63, 3.8) is 0 Å². The Bertz CT molecular complexity index is 884. The number of carbonyl (C=O) groups is 1. The second-order valence-corrected chi connectivity index (χ2v) is 6.80. The molecule has 0 fully saturated rings. The summed E-state index contributed by atoms with van der Waals surface area (Å²) < 4.78 is 11.8. The van der Waals surface area contributed by atoms with Crippen molar-refractivity contribution in [2.75, 3.05) is 19.0 Å². The summed E-state index contributed by atoms with van der Waals surface area (Å²) in [6, 6.07) is 13.1. The van der Waals surface area contributed by atoms with Gasteiger partial charge in [0.15, 0.2) is 11.5 Å². The summed E-state index contributed by atoms with van der Waals surface area (Å²) in [4.78, 5) is 12.5. The maximum atomic E-state index is 12.5. The van der Waals surface area contributed by atoms with Gasteiger partial charge in [0.2, 0.25) is 0 Å². The molecule has 2 rings (SSSR count). The second-order valence-electron chi connectivity index (χ2n) is 5.64. The van der Waals surface area contributed by atoms with Crippen LogP contribution in [0.4, 0.5) is 5.69 Å². The number of hydrogen-bond donors (Lipinski definition) is 1. The van der Waals surface area contributed by atoms with Crippen LogP contribution in [-0.2, 0) is 11.2 Å². The number of nitriles is 1. The van der Waals surface area contributed by atoms with Crippen molar-refractivity contribution in [2.45, 2.75) is 20.3 Å². The monoisotopic (exact) mass is 476 g/mol. The topological polar surface area (TPSA) is 71.3 Å². The van der Waals surface area contributed by atoms with E-state index < -0.39 is 5.91 Å². The van der Waals surface area contributed by atoms with Crippen LogP contribution in [-0.4, -0.2) is 19.6 Å². The minimum Gasteiger partial charge on any atom is -0.493 e. The van der Waals surface area contributed by atoms with Crippen molar-refractivity contribution in [3.05, 3.63) is 56.7 Å². The Morgan fingerprint density at radius 2 is 1.96 bits per heavy atom. The summed E-state index contributed by atoms with van der Waals surface area (Å²) in [7, 11) is 1.55. The zero-order chi connectivity index (χ0) is 19.8. The molecule has 0 aliphatic carbocycles. The van der Waals surface area contributed by atoms with E-state index in [-0.39, 0.29) is 5.57 Å². The molecule has 0 unspecified atom stereocenters. The highest BCUT2D eigenvalue weighted by Gasteiger charge is 2.13. The van der Waals surface area contributed by atoms with Gasteiger partial charge >= 0.3 is 0 Å². The molecular formula is C21H21IN2O3. The summed E-state index contributed by atoms with van der Waals surface area (Å²) in [5, 5.41) is 12.2. The number of nitrogens with zero attached hydrogens (tertiary/aromatic N) is 1. The van der Waals surface area contributed by atoms with Crippen LogP contribution in [0.1, 0.15) is 25.0 Å². The Morgan fingerprint density at radius 1 is 1.26 bits per heavy atom. The molecule has 6 heteroatoms. The fourth-order valence-corrected chi connectivity index (χ4v) is 3.23. The maximum Gasteiger partial charge on any atom is 0.266 e. The normalized spacial score (nSPS) is 10.9. The van der Waals surface area contributed by atoms with Gasteiger partial charge in [0.25, 0.3) is 5.91 Å². The zero-order valence-electron chi connectivity index (χ0n) is 15.5. The second kappa shape index (κ2) is 9.97. The molecule has 27 heavy (non-hydrogen) atoms. The summed E-state index contributed by atoms with van der Waals surface area (Å²) in [5.41, 5.74) is 2.53. The van der Waals surface area contributed by atoms with Gasteiger partial charge in [-0.15, -0.1) is 0 Å². The van der Waals surface area contributed by atoms with Crippen LogP contribution in [0.25, 0.3) is 6.08 Å². The Kier molecular flexibility index (Phi) is 7.67. The molecule has 0 aliphatic heterocycles. The number of anilines is 1. The van der Waals surface area contributed by atoms with Gasteiger partial charge in [-0.3, -0.25) is 4.79 Å². The van der Waals surface area contributed by atoms with Crippen LogP contribution in [0.5, 0.6) is 11.5 Å². The van der Waals surface area contributed by atoms with Crippen molar-refractivity contribution >= 4 is 40.3 Å². The third-order valence-electron chi connectivity index (χ3n) is 3.84. The molecule has 0 aromatic heterocycles. The molecule has 0 atom stereocenters. The third kappa shape index (κ3) is 5.47. The number of nitrogens with one attached hydrogen (secondary N) is 1. The van der Waals surface area contributed by atoms with Crippen LogP contribution in [0.2, 0.25) is 0 Å². The number of methoxy groups -OCH3 is 1. The molecule has 0 bridgehead atoms. The van der Waals surface area contributed by atoms with E-state index in [4.69, 9.17) is 9.47 Å². The lowest BCUT2D eigenvalue weighted by atomic mass is 10.1. The first kappa shape index (κ1) is 20.8. The quantitative estimate of drug-likeness (QED) is 0.354. The number of ether oxygens (including phenoxy) is 2. The van der Waals surface area contributed by atoms with Crippen molar-refractivity contribution in [2.24, 2.45) is 0 Å². The van der Waals surface area contributed by atoms with E-state index >= 15 is 0 Å². The number of hydrogen-bond acceptors (Lipinski definition) is 4.